The number of fused-ring (bicyclic) bond motifs is 1. The van der Waals surface area contributed by atoms with Gasteiger partial charge in [-0.15, -0.1) is 0 Å². The SMILES string of the molecule is CC1(C)[C@H](C(=O)OC(c2ccccc2)c2ccccc2)N2C(=O)C(=Cc3cc(CO)ccn3)[C@H]2S1(=O)=O. The van der Waals surface area contributed by atoms with Crippen LogP contribution < -0.4 is 0 Å². The molecule has 0 aliphatic carbocycles. The summed E-state index contributed by atoms with van der Waals surface area (Å²) in [6.07, 6.45) is 2.10. The Balaban J connectivity index is 1.50. The van der Waals surface area contributed by atoms with Gasteiger partial charge in [-0.25, -0.2) is 13.2 Å². The van der Waals surface area contributed by atoms with Crippen LogP contribution in [-0.4, -0.2) is 51.4 Å². The van der Waals surface area contributed by atoms with Crippen LogP contribution in [0.25, 0.3) is 6.08 Å². The van der Waals surface area contributed by atoms with Gasteiger partial charge in [-0.1, -0.05) is 60.7 Å². The van der Waals surface area contributed by atoms with Crippen molar-refractivity contribution in [2.45, 2.75) is 42.7 Å². The van der Waals surface area contributed by atoms with Crippen molar-refractivity contribution < 1.29 is 27.9 Å². The van der Waals surface area contributed by atoms with Crippen molar-refractivity contribution in [1.29, 1.82) is 0 Å². The molecule has 2 fully saturated rings. The number of pyridine rings is 1. The highest BCUT2D eigenvalue weighted by Crippen LogP contribution is 2.49. The summed E-state index contributed by atoms with van der Waals surface area (Å²) in [6.45, 7) is 2.68. The molecule has 2 aromatic carbocycles. The fourth-order valence-corrected chi connectivity index (χ4v) is 7.03. The molecule has 1 amide bonds. The van der Waals surface area contributed by atoms with Gasteiger partial charge >= 0.3 is 5.97 Å². The summed E-state index contributed by atoms with van der Waals surface area (Å²) in [6, 6.07) is 20.2. The normalized spacial score (nSPS) is 22.5. The molecule has 2 saturated heterocycles. The van der Waals surface area contributed by atoms with E-state index in [1.807, 2.05) is 60.7 Å². The van der Waals surface area contributed by atoms with E-state index in [1.54, 1.807) is 12.1 Å². The number of ether oxygens (including phenoxy) is 1. The molecule has 0 spiro atoms. The summed E-state index contributed by atoms with van der Waals surface area (Å²) in [7, 11) is -3.98. The van der Waals surface area contributed by atoms with E-state index >= 15 is 0 Å². The van der Waals surface area contributed by atoms with Crippen molar-refractivity contribution >= 4 is 27.8 Å². The Bertz CT molecular complexity index is 1450. The Morgan fingerprint density at radius 1 is 1.08 bits per heavy atom. The van der Waals surface area contributed by atoms with Crippen LogP contribution in [0, 0.1) is 0 Å². The average Bonchev–Trinajstić information content (AvgIpc) is 3.05. The van der Waals surface area contributed by atoms with Crippen molar-refractivity contribution in [2.75, 3.05) is 0 Å². The van der Waals surface area contributed by atoms with Crippen LogP contribution in [0.3, 0.4) is 0 Å². The highest BCUT2D eigenvalue weighted by atomic mass is 32.2. The number of β-lactam (4-membered cyclic amide) rings is 1. The first-order valence-electron chi connectivity index (χ1n) is 11.8. The number of nitrogens with zero attached hydrogens (tertiary/aromatic N) is 2. The first kappa shape index (κ1) is 24.9. The molecule has 0 bridgehead atoms. The van der Waals surface area contributed by atoms with Crippen molar-refractivity contribution in [3.63, 3.8) is 0 Å². The third-order valence-corrected chi connectivity index (χ3v) is 9.72. The van der Waals surface area contributed by atoms with Crippen LogP contribution in [0.4, 0.5) is 0 Å². The number of sulfone groups is 1. The van der Waals surface area contributed by atoms with Gasteiger partial charge in [-0.3, -0.25) is 9.78 Å². The maximum absolute atomic E-state index is 13.6. The first-order valence-corrected chi connectivity index (χ1v) is 13.4. The monoisotopic (exact) mass is 518 g/mol. The number of aliphatic hydroxyl groups is 1. The highest BCUT2D eigenvalue weighted by molar-refractivity contribution is 7.94. The quantitative estimate of drug-likeness (QED) is 0.303. The van der Waals surface area contributed by atoms with Gasteiger partial charge in [0.2, 0.25) is 0 Å². The Kier molecular flexibility index (Phi) is 6.21. The molecule has 8 nitrogen and oxygen atoms in total. The lowest BCUT2D eigenvalue weighted by molar-refractivity contribution is -0.160. The molecule has 3 aromatic rings. The topological polar surface area (TPSA) is 114 Å². The molecule has 5 rings (SSSR count). The summed E-state index contributed by atoms with van der Waals surface area (Å²) in [5, 5.41) is 8.10. The third kappa shape index (κ3) is 4.04. The second-order valence-electron chi connectivity index (χ2n) is 9.60. The zero-order valence-electron chi connectivity index (χ0n) is 20.3. The van der Waals surface area contributed by atoms with E-state index in [0.29, 0.717) is 11.3 Å². The standard InChI is InChI=1S/C28H26N2O6S/c1-28(2)24(27(33)36-23(19-9-5-3-6-10-19)20-11-7-4-8-12-20)30-25(32)22(26(30)37(28,34)35)16-21-15-18(17-31)13-14-29-21/h3-16,23-24,26,31H,17H2,1-2H3/t24-,26+/m0/s1. The number of rotatable bonds is 6. The maximum atomic E-state index is 13.6. The number of carbonyl (C=O) groups excluding carboxylic acids is 2. The van der Waals surface area contributed by atoms with Crippen LogP contribution in [0.2, 0.25) is 0 Å². The molecule has 2 atom stereocenters. The molecule has 37 heavy (non-hydrogen) atoms. The van der Waals surface area contributed by atoms with Crippen LogP contribution in [0.1, 0.15) is 42.3 Å². The van der Waals surface area contributed by atoms with Gasteiger partial charge in [0.1, 0.15) is 4.75 Å². The molecular formula is C28H26N2O6S. The molecule has 2 aliphatic rings. The van der Waals surface area contributed by atoms with Crippen LogP contribution in [0.5, 0.6) is 0 Å². The molecule has 0 unspecified atom stereocenters. The smallest absolute Gasteiger partial charge is 0.331 e. The third-order valence-electron chi connectivity index (χ3n) is 6.96. The van der Waals surface area contributed by atoms with Crippen molar-refractivity contribution in [3.05, 3.63) is 107 Å². The van der Waals surface area contributed by atoms with Crippen molar-refractivity contribution in [3.8, 4) is 0 Å². The number of carbonyl (C=O) groups is 2. The van der Waals surface area contributed by atoms with E-state index in [4.69, 9.17) is 4.74 Å². The molecule has 0 radical (unpaired) electrons. The van der Waals surface area contributed by atoms with E-state index in [1.165, 1.54) is 26.1 Å². The van der Waals surface area contributed by atoms with Gasteiger partial charge in [0.15, 0.2) is 27.4 Å². The number of hydrogen-bond donors (Lipinski definition) is 1. The number of aliphatic hydroxyl groups excluding tert-OH is 1. The lowest BCUT2D eigenvalue weighted by Gasteiger charge is -2.38. The summed E-state index contributed by atoms with van der Waals surface area (Å²) in [5.41, 5.74) is 2.41. The Morgan fingerprint density at radius 3 is 2.24 bits per heavy atom. The second-order valence-corrected chi connectivity index (χ2v) is 12.2. The largest absolute Gasteiger partial charge is 0.451 e. The number of benzene rings is 2. The van der Waals surface area contributed by atoms with Crippen LogP contribution in [-0.2, 0) is 30.8 Å². The van der Waals surface area contributed by atoms with Gasteiger partial charge in [-0.2, -0.15) is 0 Å². The molecular weight excluding hydrogens is 492 g/mol. The van der Waals surface area contributed by atoms with Crippen molar-refractivity contribution in [2.24, 2.45) is 0 Å². The molecule has 2 aliphatic heterocycles. The summed E-state index contributed by atoms with van der Waals surface area (Å²) in [5.74, 6) is -1.35. The molecule has 3 heterocycles. The Hall–Kier alpha value is -3.82. The molecule has 1 N–H and O–H groups in total. The van der Waals surface area contributed by atoms with Gasteiger partial charge in [0.25, 0.3) is 5.91 Å². The van der Waals surface area contributed by atoms with Gasteiger partial charge in [-0.05, 0) is 48.7 Å². The predicted molar refractivity (Wildman–Crippen MR) is 136 cm³/mol. The molecule has 0 saturated carbocycles. The maximum Gasteiger partial charge on any atom is 0.331 e. The number of aromatic nitrogens is 1. The predicted octanol–water partition coefficient (Wildman–Crippen LogP) is 3.03. The molecule has 190 valence electrons. The first-order chi connectivity index (χ1) is 17.7. The van der Waals surface area contributed by atoms with Gasteiger partial charge in [0.05, 0.1) is 17.9 Å². The molecule has 9 heteroatoms. The van der Waals surface area contributed by atoms with Crippen LogP contribution in [0.15, 0.2) is 84.6 Å². The van der Waals surface area contributed by atoms with Crippen LogP contribution >= 0.6 is 0 Å². The Morgan fingerprint density at radius 2 is 1.68 bits per heavy atom. The van der Waals surface area contributed by atoms with Gasteiger partial charge < -0.3 is 14.7 Å². The summed E-state index contributed by atoms with van der Waals surface area (Å²) >= 11 is 0. The van der Waals surface area contributed by atoms with E-state index in [9.17, 15) is 23.1 Å². The lowest BCUT2D eigenvalue weighted by Crippen LogP contribution is -2.59. The second kappa shape index (κ2) is 9.24. The van der Waals surface area contributed by atoms with E-state index in [-0.39, 0.29) is 12.2 Å². The van der Waals surface area contributed by atoms with E-state index in [2.05, 4.69) is 4.98 Å². The zero-order valence-corrected chi connectivity index (χ0v) is 21.1. The summed E-state index contributed by atoms with van der Waals surface area (Å²) in [4.78, 5) is 32.1. The Labute approximate surface area is 215 Å². The molecule has 1 aromatic heterocycles. The zero-order chi connectivity index (χ0) is 26.4. The van der Waals surface area contributed by atoms with E-state index < -0.39 is 44.0 Å². The number of esters is 1. The lowest BCUT2D eigenvalue weighted by atomic mass is 9.94. The van der Waals surface area contributed by atoms with Gasteiger partial charge in [0, 0.05) is 6.20 Å². The number of amides is 1. The minimum absolute atomic E-state index is 0.0358. The fourth-order valence-electron chi connectivity index (χ4n) is 4.92. The minimum atomic E-state index is -3.98. The highest BCUT2D eigenvalue weighted by Gasteiger charge is 2.70. The fraction of sp³-hybridized carbons (Fsp3) is 0.250. The minimum Gasteiger partial charge on any atom is -0.451 e. The van der Waals surface area contributed by atoms with Crippen molar-refractivity contribution in [1.82, 2.24) is 9.88 Å². The average molecular weight is 519 g/mol. The summed E-state index contributed by atoms with van der Waals surface area (Å²) < 4.78 is 31.5. The number of hydrogen-bond acceptors (Lipinski definition) is 7. The van der Waals surface area contributed by atoms with E-state index in [0.717, 1.165) is 16.0 Å².